The van der Waals surface area contributed by atoms with Crippen molar-refractivity contribution in [3.05, 3.63) is 76.4 Å². The first-order chi connectivity index (χ1) is 15.7. The molecule has 33 heavy (non-hydrogen) atoms. The second-order valence-corrected chi connectivity index (χ2v) is 10.8. The molecule has 174 valence electrons. The highest BCUT2D eigenvalue weighted by atomic mass is 35.5. The Morgan fingerprint density at radius 2 is 1.94 bits per heavy atom. The summed E-state index contributed by atoms with van der Waals surface area (Å²) in [4.78, 5) is 13.0. The fourth-order valence-electron chi connectivity index (χ4n) is 4.06. The van der Waals surface area contributed by atoms with Crippen molar-refractivity contribution in [2.75, 3.05) is 18.4 Å². The Labute approximate surface area is 199 Å². The van der Waals surface area contributed by atoms with Gasteiger partial charge in [-0.3, -0.25) is 4.79 Å². The summed E-state index contributed by atoms with van der Waals surface area (Å²) in [6.45, 7) is 5.29. The van der Waals surface area contributed by atoms with Crippen LogP contribution in [0.1, 0.15) is 41.4 Å². The highest BCUT2D eigenvalue weighted by Crippen LogP contribution is 2.29. The zero-order chi connectivity index (χ0) is 23.6. The van der Waals surface area contributed by atoms with Crippen LogP contribution in [0.25, 0.3) is 0 Å². The molecule has 9 heteroatoms. The number of piperidine rings is 1. The number of carbonyl (C=O) groups excluding carboxylic acids is 1. The third-order valence-electron chi connectivity index (χ3n) is 5.75. The number of hydrogen-bond donors (Lipinski definition) is 1. The normalized spacial score (nSPS) is 17.1. The number of aryl methyl sites for hydroxylation is 1. The average Bonchev–Trinajstić information content (AvgIpc) is 3.12. The van der Waals surface area contributed by atoms with Gasteiger partial charge in [0, 0.05) is 24.7 Å². The maximum absolute atomic E-state index is 13.2. The Bertz CT molecular complexity index is 1260. The fraction of sp³-hybridized carbons (Fsp3) is 0.333. The van der Waals surface area contributed by atoms with E-state index in [-0.39, 0.29) is 21.4 Å². The number of nitrogens with one attached hydrogen (secondary N) is 1. The molecule has 1 saturated heterocycles. The Balaban J connectivity index is 1.58. The van der Waals surface area contributed by atoms with Crippen molar-refractivity contribution in [2.45, 2.75) is 38.1 Å². The summed E-state index contributed by atoms with van der Waals surface area (Å²) in [6.07, 6.45) is 1.81. The van der Waals surface area contributed by atoms with Crippen LogP contribution in [0.4, 0.5) is 5.82 Å². The lowest BCUT2D eigenvalue weighted by Gasteiger charge is -2.30. The molecule has 1 aromatic heterocycles. The van der Waals surface area contributed by atoms with E-state index in [0.29, 0.717) is 25.5 Å². The van der Waals surface area contributed by atoms with Gasteiger partial charge in [0.05, 0.1) is 17.3 Å². The van der Waals surface area contributed by atoms with Crippen molar-refractivity contribution in [3.63, 3.8) is 0 Å². The molecule has 1 atom stereocenters. The lowest BCUT2D eigenvalue weighted by molar-refractivity contribution is 0.102. The number of anilines is 1. The maximum atomic E-state index is 13.2. The number of amides is 1. The molecule has 4 rings (SSSR count). The van der Waals surface area contributed by atoms with Gasteiger partial charge in [-0.05, 0) is 49.4 Å². The Morgan fingerprint density at radius 1 is 1.18 bits per heavy atom. The second kappa shape index (κ2) is 9.67. The summed E-state index contributed by atoms with van der Waals surface area (Å²) in [5.41, 5.74) is 2.03. The van der Waals surface area contributed by atoms with Gasteiger partial charge < -0.3 is 5.32 Å². The van der Waals surface area contributed by atoms with E-state index in [2.05, 4.69) is 10.4 Å². The number of rotatable bonds is 6. The van der Waals surface area contributed by atoms with Crippen molar-refractivity contribution in [2.24, 2.45) is 5.92 Å². The molecule has 2 aromatic carbocycles. The first kappa shape index (κ1) is 23.5. The van der Waals surface area contributed by atoms with Crippen LogP contribution in [-0.4, -0.2) is 41.5 Å². The van der Waals surface area contributed by atoms with E-state index >= 15 is 0 Å². The van der Waals surface area contributed by atoms with E-state index in [1.54, 1.807) is 10.7 Å². The van der Waals surface area contributed by atoms with E-state index in [1.165, 1.54) is 22.5 Å². The van der Waals surface area contributed by atoms with E-state index in [1.807, 2.05) is 44.2 Å². The van der Waals surface area contributed by atoms with E-state index in [4.69, 9.17) is 11.6 Å². The monoisotopic (exact) mass is 486 g/mol. The van der Waals surface area contributed by atoms with Crippen molar-refractivity contribution < 1.29 is 13.2 Å². The average molecular weight is 487 g/mol. The molecular weight excluding hydrogens is 460 g/mol. The Morgan fingerprint density at radius 3 is 2.67 bits per heavy atom. The fourth-order valence-corrected chi connectivity index (χ4v) is 6.16. The molecule has 1 unspecified atom stereocenters. The molecule has 0 spiro atoms. The third-order valence-corrected chi connectivity index (χ3v) is 8.10. The van der Waals surface area contributed by atoms with E-state index in [0.717, 1.165) is 24.1 Å². The second-order valence-electron chi connectivity index (χ2n) is 8.52. The van der Waals surface area contributed by atoms with Crippen LogP contribution in [-0.2, 0) is 16.6 Å². The lowest BCUT2D eigenvalue weighted by Crippen LogP contribution is -2.39. The standard InChI is InChI=1S/C24H27ClN4O3S/c1-17-7-6-12-28(15-17)33(31,32)22-14-20(10-11-21(22)25)24(30)26-23-13-18(2)27-29(23)16-19-8-4-3-5-9-19/h3-5,8-11,13-14,17H,6-7,12,15-16H2,1-2H3,(H,26,30). The van der Waals surface area contributed by atoms with Gasteiger partial charge in [0.2, 0.25) is 10.0 Å². The van der Waals surface area contributed by atoms with Crippen molar-refractivity contribution >= 4 is 33.3 Å². The van der Waals surface area contributed by atoms with Crippen molar-refractivity contribution in [1.82, 2.24) is 14.1 Å². The van der Waals surface area contributed by atoms with Crippen molar-refractivity contribution in [1.29, 1.82) is 0 Å². The number of nitrogens with zero attached hydrogens (tertiary/aromatic N) is 3. The molecule has 7 nitrogen and oxygen atoms in total. The SMILES string of the molecule is Cc1cc(NC(=O)c2ccc(Cl)c(S(=O)(=O)N3CCCC(C)C3)c2)n(Cc2ccccc2)n1. The maximum Gasteiger partial charge on any atom is 0.256 e. The van der Waals surface area contributed by atoms with Crippen LogP contribution in [0.5, 0.6) is 0 Å². The minimum absolute atomic E-state index is 0.0418. The molecule has 0 radical (unpaired) electrons. The summed E-state index contributed by atoms with van der Waals surface area (Å²) >= 11 is 6.27. The molecule has 0 aliphatic carbocycles. The summed E-state index contributed by atoms with van der Waals surface area (Å²) in [5.74, 6) is 0.391. The molecular formula is C24H27ClN4O3S. The molecule has 2 heterocycles. The van der Waals surface area contributed by atoms with E-state index in [9.17, 15) is 13.2 Å². The summed E-state index contributed by atoms with van der Waals surface area (Å²) < 4.78 is 29.7. The number of carbonyl (C=O) groups is 1. The number of benzene rings is 2. The van der Waals surface area contributed by atoms with Gasteiger partial charge in [-0.15, -0.1) is 0 Å². The highest BCUT2D eigenvalue weighted by Gasteiger charge is 2.31. The molecule has 0 saturated carbocycles. The van der Waals surface area contributed by atoms with E-state index < -0.39 is 15.9 Å². The lowest BCUT2D eigenvalue weighted by atomic mass is 10.0. The zero-order valence-corrected chi connectivity index (χ0v) is 20.2. The summed E-state index contributed by atoms with van der Waals surface area (Å²) in [6, 6.07) is 15.9. The summed E-state index contributed by atoms with van der Waals surface area (Å²) in [5, 5.41) is 7.44. The number of sulfonamides is 1. The molecule has 1 aliphatic heterocycles. The number of aromatic nitrogens is 2. The number of hydrogen-bond acceptors (Lipinski definition) is 4. The van der Waals surface area contributed by atoms with Gasteiger partial charge >= 0.3 is 0 Å². The van der Waals surface area contributed by atoms with Crippen LogP contribution in [0.2, 0.25) is 5.02 Å². The van der Waals surface area contributed by atoms with Gasteiger partial charge in [-0.25, -0.2) is 13.1 Å². The first-order valence-corrected chi connectivity index (χ1v) is 12.8. The summed E-state index contributed by atoms with van der Waals surface area (Å²) in [7, 11) is -3.80. The van der Waals surface area contributed by atoms with Crippen LogP contribution in [0.15, 0.2) is 59.5 Å². The van der Waals surface area contributed by atoms with Crippen LogP contribution < -0.4 is 5.32 Å². The highest BCUT2D eigenvalue weighted by molar-refractivity contribution is 7.89. The largest absolute Gasteiger partial charge is 0.307 e. The van der Waals surface area contributed by atoms with Gasteiger partial charge in [0.15, 0.2) is 0 Å². The quantitative estimate of drug-likeness (QED) is 0.553. The van der Waals surface area contributed by atoms with Crippen LogP contribution >= 0.6 is 11.6 Å². The zero-order valence-electron chi connectivity index (χ0n) is 18.7. The molecule has 1 aliphatic rings. The molecule has 1 N–H and O–H groups in total. The van der Waals surface area contributed by atoms with Gasteiger partial charge in [-0.1, -0.05) is 48.9 Å². The third kappa shape index (κ3) is 5.29. The van der Waals surface area contributed by atoms with Crippen LogP contribution in [0, 0.1) is 12.8 Å². The topological polar surface area (TPSA) is 84.3 Å². The number of halogens is 1. The predicted octanol–water partition coefficient (Wildman–Crippen LogP) is 4.57. The smallest absolute Gasteiger partial charge is 0.256 e. The van der Waals surface area contributed by atoms with Crippen molar-refractivity contribution in [3.8, 4) is 0 Å². The minimum Gasteiger partial charge on any atom is -0.307 e. The van der Waals surface area contributed by atoms with Gasteiger partial charge in [0.25, 0.3) is 5.91 Å². The Kier molecular flexibility index (Phi) is 6.88. The van der Waals surface area contributed by atoms with Gasteiger partial charge in [-0.2, -0.15) is 9.40 Å². The minimum atomic E-state index is -3.80. The molecule has 1 amide bonds. The predicted molar refractivity (Wildman–Crippen MR) is 129 cm³/mol. The van der Waals surface area contributed by atoms with Gasteiger partial charge in [0.1, 0.15) is 10.7 Å². The Hall–Kier alpha value is -2.68. The molecule has 1 fully saturated rings. The molecule has 0 bridgehead atoms. The molecule has 3 aromatic rings. The first-order valence-electron chi connectivity index (χ1n) is 10.9. The van der Waals surface area contributed by atoms with Crippen LogP contribution in [0.3, 0.4) is 0 Å².